The smallest absolute Gasteiger partial charge is 0.316 e. The largest absolute Gasteiger partial charge is 0.392 e. The van der Waals surface area contributed by atoms with Crippen molar-refractivity contribution in [2.45, 2.75) is 13.0 Å². The van der Waals surface area contributed by atoms with Gasteiger partial charge in [0.15, 0.2) is 0 Å². The van der Waals surface area contributed by atoms with Crippen LogP contribution in [0.1, 0.15) is 17.3 Å². The molecule has 1 aromatic carbocycles. The average Bonchev–Trinajstić information content (AvgIpc) is 2.26. The maximum absolute atomic E-state index is 11.5. The van der Waals surface area contributed by atoms with Crippen LogP contribution in [0.3, 0.4) is 0 Å². The lowest BCUT2D eigenvalue weighted by molar-refractivity contribution is 0.0924. The van der Waals surface area contributed by atoms with Crippen LogP contribution in [0.2, 0.25) is 0 Å². The number of primary amides is 1. The number of urea groups is 1. The highest BCUT2D eigenvalue weighted by molar-refractivity contribution is 5.95. The molecule has 0 aliphatic rings. The van der Waals surface area contributed by atoms with Gasteiger partial charge in [-0.2, -0.15) is 0 Å². The minimum Gasteiger partial charge on any atom is -0.392 e. The standard InChI is InChI=1S/C11H15N3O3/c1-7(15)6-13-10(16)8-2-4-9(5-3-8)14-11(12)17/h2-5,7,15H,6H2,1H3,(H,13,16)(H3,12,14,17)/t7-/m1/s1. The monoisotopic (exact) mass is 237 g/mol. The van der Waals surface area contributed by atoms with E-state index in [1.54, 1.807) is 31.2 Å². The number of benzene rings is 1. The van der Waals surface area contributed by atoms with Gasteiger partial charge in [0.25, 0.3) is 5.91 Å². The molecule has 0 spiro atoms. The summed E-state index contributed by atoms with van der Waals surface area (Å²) in [5, 5.41) is 14.0. The fourth-order valence-corrected chi connectivity index (χ4v) is 1.19. The van der Waals surface area contributed by atoms with Gasteiger partial charge in [0.05, 0.1) is 6.10 Å². The summed E-state index contributed by atoms with van der Waals surface area (Å²) in [7, 11) is 0. The predicted octanol–water partition coefficient (Wildman–Crippen LogP) is 0.288. The molecular formula is C11H15N3O3. The molecule has 5 N–H and O–H groups in total. The van der Waals surface area contributed by atoms with E-state index >= 15 is 0 Å². The number of carbonyl (C=O) groups excluding carboxylic acids is 2. The molecule has 0 heterocycles. The second kappa shape index (κ2) is 5.86. The Hall–Kier alpha value is -2.08. The maximum atomic E-state index is 11.5. The fraction of sp³-hybridized carbons (Fsp3) is 0.273. The first kappa shape index (κ1) is 13.0. The normalized spacial score (nSPS) is 11.6. The average molecular weight is 237 g/mol. The molecule has 0 aliphatic carbocycles. The fourth-order valence-electron chi connectivity index (χ4n) is 1.19. The summed E-state index contributed by atoms with van der Waals surface area (Å²) >= 11 is 0. The highest BCUT2D eigenvalue weighted by Crippen LogP contribution is 2.09. The van der Waals surface area contributed by atoms with Gasteiger partial charge >= 0.3 is 6.03 Å². The topological polar surface area (TPSA) is 104 Å². The number of rotatable bonds is 4. The maximum Gasteiger partial charge on any atom is 0.316 e. The first-order valence-electron chi connectivity index (χ1n) is 5.12. The van der Waals surface area contributed by atoms with Crippen molar-refractivity contribution in [3.63, 3.8) is 0 Å². The second-order valence-corrected chi connectivity index (χ2v) is 3.63. The van der Waals surface area contributed by atoms with Crippen LogP contribution in [0.4, 0.5) is 10.5 Å². The summed E-state index contributed by atoms with van der Waals surface area (Å²) in [6, 6.07) is 5.60. The van der Waals surface area contributed by atoms with Gasteiger partial charge in [0.1, 0.15) is 0 Å². The van der Waals surface area contributed by atoms with Gasteiger partial charge in [-0.25, -0.2) is 4.79 Å². The van der Waals surface area contributed by atoms with E-state index in [0.717, 1.165) is 0 Å². The number of carbonyl (C=O) groups is 2. The Kier molecular flexibility index (Phi) is 4.47. The SMILES string of the molecule is C[C@@H](O)CNC(=O)c1ccc(NC(N)=O)cc1. The highest BCUT2D eigenvalue weighted by atomic mass is 16.3. The van der Waals surface area contributed by atoms with Gasteiger partial charge in [0, 0.05) is 17.8 Å². The lowest BCUT2D eigenvalue weighted by Gasteiger charge is -2.07. The van der Waals surface area contributed by atoms with E-state index in [9.17, 15) is 9.59 Å². The molecule has 0 aromatic heterocycles. The first-order chi connectivity index (χ1) is 7.99. The Balaban J connectivity index is 2.60. The number of nitrogens with two attached hydrogens (primary N) is 1. The summed E-state index contributed by atoms with van der Waals surface area (Å²) in [5.74, 6) is -0.281. The molecule has 1 rings (SSSR count). The molecule has 92 valence electrons. The van der Waals surface area contributed by atoms with Gasteiger partial charge in [-0.05, 0) is 31.2 Å². The van der Waals surface area contributed by atoms with Crippen molar-refractivity contribution in [2.24, 2.45) is 5.73 Å². The molecule has 0 saturated heterocycles. The number of hydrogen-bond donors (Lipinski definition) is 4. The number of anilines is 1. The zero-order chi connectivity index (χ0) is 12.8. The number of nitrogens with one attached hydrogen (secondary N) is 2. The third-order valence-corrected chi connectivity index (χ3v) is 1.97. The molecule has 1 atom stereocenters. The third-order valence-electron chi connectivity index (χ3n) is 1.97. The summed E-state index contributed by atoms with van der Waals surface area (Å²) < 4.78 is 0. The summed E-state index contributed by atoms with van der Waals surface area (Å²) in [5.41, 5.74) is 5.91. The van der Waals surface area contributed by atoms with E-state index in [0.29, 0.717) is 11.3 Å². The minimum atomic E-state index is -0.656. The Morgan fingerprint density at radius 2 is 1.94 bits per heavy atom. The number of aliphatic hydroxyl groups is 1. The molecule has 1 aromatic rings. The van der Waals surface area contributed by atoms with Crippen LogP contribution in [-0.4, -0.2) is 29.7 Å². The molecule has 0 aliphatic heterocycles. The Morgan fingerprint density at radius 1 is 1.35 bits per heavy atom. The van der Waals surface area contributed by atoms with E-state index in [1.165, 1.54) is 0 Å². The van der Waals surface area contributed by atoms with Crippen molar-refractivity contribution in [3.05, 3.63) is 29.8 Å². The van der Waals surface area contributed by atoms with Crippen LogP contribution in [-0.2, 0) is 0 Å². The van der Waals surface area contributed by atoms with E-state index < -0.39 is 12.1 Å². The van der Waals surface area contributed by atoms with E-state index in [-0.39, 0.29) is 12.5 Å². The van der Waals surface area contributed by atoms with Crippen molar-refractivity contribution < 1.29 is 14.7 Å². The van der Waals surface area contributed by atoms with Crippen LogP contribution in [0.5, 0.6) is 0 Å². The van der Waals surface area contributed by atoms with Crippen LogP contribution in [0.15, 0.2) is 24.3 Å². The molecule has 0 radical (unpaired) electrons. The zero-order valence-electron chi connectivity index (χ0n) is 9.43. The number of aliphatic hydroxyl groups excluding tert-OH is 1. The molecule has 17 heavy (non-hydrogen) atoms. The van der Waals surface area contributed by atoms with Gasteiger partial charge in [-0.3, -0.25) is 4.79 Å². The van der Waals surface area contributed by atoms with Gasteiger partial charge < -0.3 is 21.5 Å². The van der Waals surface area contributed by atoms with Crippen molar-refractivity contribution in [3.8, 4) is 0 Å². The molecular weight excluding hydrogens is 222 g/mol. The minimum absolute atomic E-state index is 0.195. The van der Waals surface area contributed by atoms with Crippen molar-refractivity contribution in [1.82, 2.24) is 5.32 Å². The van der Waals surface area contributed by atoms with E-state index in [4.69, 9.17) is 10.8 Å². The van der Waals surface area contributed by atoms with Crippen molar-refractivity contribution >= 4 is 17.6 Å². The molecule has 0 bridgehead atoms. The van der Waals surface area contributed by atoms with Crippen LogP contribution in [0, 0.1) is 0 Å². The van der Waals surface area contributed by atoms with Gasteiger partial charge in [-0.15, -0.1) is 0 Å². The van der Waals surface area contributed by atoms with E-state index in [2.05, 4.69) is 10.6 Å². The number of hydrogen-bond acceptors (Lipinski definition) is 3. The van der Waals surface area contributed by atoms with Crippen LogP contribution in [0.25, 0.3) is 0 Å². The quantitative estimate of drug-likeness (QED) is 0.604. The van der Waals surface area contributed by atoms with Crippen LogP contribution < -0.4 is 16.4 Å². The van der Waals surface area contributed by atoms with Gasteiger partial charge in [-0.1, -0.05) is 0 Å². The highest BCUT2D eigenvalue weighted by Gasteiger charge is 2.06. The van der Waals surface area contributed by atoms with E-state index in [1.807, 2.05) is 0 Å². The Labute approximate surface area is 98.8 Å². The lowest BCUT2D eigenvalue weighted by atomic mass is 10.2. The first-order valence-corrected chi connectivity index (χ1v) is 5.12. The summed E-state index contributed by atoms with van der Waals surface area (Å²) in [6.45, 7) is 1.78. The molecule has 6 nitrogen and oxygen atoms in total. The molecule has 3 amide bonds. The zero-order valence-corrected chi connectivity index (χ0v) is 9.43. The predicted molar refractivity (Wildman–Crippen MR) is 63.7 cm³/mol. The van der Waals surface area contributed by atoms with Crippen LogP contribution >= 0.6 is 0 Å². The molecule has 6 heteroatoms. The Bertz CT molecular complexity index is 401. The third kappa shape index (κ3) is 4.52. The second-order valence-electron chi connectivity index (χ2n) is 3.63. The van der Waals surface area contributed by atoms with Crippen molar-refractivity contribution in [1.29, 1.82) is 0 Å². The summed E-state index contributed by atoms with van der Waals surface area (Å²) in [4.78, 5) is 22.1. The molecule has 0 saturated carbocycles. The Morgan fingerprint density at radius 3 is 2.41 bits per heavy atom. The lowest BCUT2D eigenvalue weighted by Crippen LogP contribution is -2.30. The molecule has 0 unspecified atom stereocenters. The molecule has 0 fully saturated rings. The van der Waals surface area contributed by atoms with Gasteiger partial charge in [0.2, 0.25) is 0 Å². The van der Waals surface area contributed by atoms with Crippen molar-refractivity contribution in [2.75, 3.05) is 11.9 Å². The summed E-state index contributed by atoms with van der Waals surface area (Å²) in [6.07, 6.45) is -0.588. The number of amides is 3.